The van der Waals surface area contributed by atoms with Crippen molar-refractivity contribution in [3.05, 3.63) is 89.5 Å². The Morgan fingerprint density at radius 2 is 1.12 bits per heavy atom. The van der Waals surface area contributed by atoms with Crippen LogP contribution in [0.3, 0.4) is 0 Å². The van der Waals surface area contributed by atoms with Crippen molar-refractivity contribution in [3.63, 3.8) is 0 Å². The van der Waals surface area contributed by atoms with Crippen LogP contribution in [0.5, 0.6) is 17.2 Å². The summed E-state index contributed by atoms with van der Waals surface area (Å²) in [5.74, 6) is -0.365. The molecule has 184 valence electrons. The molecule has 0 unspecified atom stereocenters. The van der Waals surface area contributed by atoms with E-state index < -0.39 is 15.9 Å². The van der Waals surface area contributed by atoms with Crippen molar-refractivity contribution in [3.8, 4) is 17.2 Å². The lowest BCUT2D eigenvalue weighted by Gasteiger charge is -2.20. The van der Waals surface area contributed by atoms with Crippen molar-refractivity contribution in [1.82, 2.24) is 0 Å². The largest absolute Gasteiger partial charge is 0.454 e. The summed E-state index contributed by atoms with van der Waals surface area (Å²) in [5.41, 5.74) is 1.65. The third-order valence-corrected chi connectivity index (χ3v) is 5.29. The van der Waals surface area contributed by atoms with E-state index in [1.54, 1.807) is 18.2 Å². The van der Waals surface area contributed by atoms with Crippen LogP contribution in [0.1, 0.15) is 52.7 Å². The van der Waals surface area contributed by atoms with Gasteiger partial charge in [0.25, 0.3) is 0 Å². The Kier molecular flexibility index (Phi) is 8.48. The molecule has 0 aliphatic carbocycles. The van der Waals surface area contributed by atoms with Gasteiger partial charge in [-0.25, -0.2) is 8.78 Å². The number of halogens is 2. The van der Waals surface area contributed by atoms with Gasteiger partial charge in [-0.3, -0.25) is 0 Å². The summed E-state index contributed by atoms with van der Waals surface area (Å²) >= 11 is 0. The summed E-state index contributed by atoms with van der Waals surface area (Å²) in [7, 11) is -3.70. The quantitative estimate of drug-likeness (QED) is 0.358. The zero-order chi connectivity index (χ0) is 25.7. The fraction of sp³-hybridized carbons (Fsp3) is 0.333. The Labute approximate surface area is 201 Å². The maximum Gasteiger partial charge on any atom is 0.306 e. The summed E-state index contributed by atoms with van der Waals surface area (Å²) < 4.78 is 59.0. The Morgan fingerprint density at radius 1 is 0.676 bits per heavy atom. The predicted molar refractivity (Wildman–Crippen MR) is 132 cm³/mol. The number of para-hydroxylation sites is 1. The molecule has 0 heterocycles. The van der Waals surface area contributed by atoms with E-state index in [9.17, 15) is 17.2 Å². The van der Waals surface area contributed by atoms with Crippen molar-refractivity contribution >= 4 is 10.1 Å². The SMILES string of the molecule is CC(C)(C)c1ccc(F)c(OS(C)(=O)=O)c1.CC(C)(C)c1ccc(F)c(Oc2ccccc2)c1. The van der Waals surface area contributed by atoms with E-state index in [0.29, 0.717) is 5.75 Å². The topological polar surface area (TPSA) is 52.6 Å². The normalized spacial score (nSPS) is 11.9. The van der Waals surface area contributed by atoms with Gasteiger partial charge in [-0.2, -0.15) is 8.42 Å². The minimum atomic E-state index is -3.70. The molecule has 0 spiro atoms. The molecule has 3 aromatic rings. The van der Waals surface area contributed by atoms with Gasteiger partial charge in [0.1, 0.15) is 5.75 Å². The smallest absolute Gasteiger partial charge is 0.306 e. The van der Waals surface area contributed by atoms with Gasteiger partial charge < -0.3 is 8.92 Å². The lowest BCUT2D eigenvalue weighted by Crippen LogP contribution is -2.13. The van der Waals surface area contributed by atoms with Crippen LogP contribution in [0.25, 0.3) is 0 Å². The Hall–Kier alpha value is -2.93. The molecule has 0 amide bonds. The minimum absolute atomic E-state index is 0.0253. The van der Waals surface area contributed by atoms with E-state index >= 15 is 0 Å². The standard InChI is InChI=1S/C16H17FO.C11H15FO3S/c1-16(2,3)12-9-10-14(17)15(11-12)18-13-7-5-4-6-8-13;1-11(2,3)8-5-6-9(12)10(7-8)15-16(4,13)14/h4-11H,1-3H3;5-7H,1-4H3. The van der Waals surface area contributed by atoms with Gasteiger partial charge in [0.15, 0.2) is 23.1 Å². The number of rotatable bonds is 4. The first-order valence-electron chi connectivity index (χ1n) is 10.8. The van der Waals surface area contributed by atoms with Crippen LogP contribution in [-0.4, -0.2) is 14.7 Å². The zero-order valence-corrected chi connectivity index (χ0v) is 21.5. The van der Waals surface area contributed by atoms with E-state index in [1.807, 2.05) is 51.1 Å². The number of benzene rings is 3. The monoisotopic (exact) mass is 490 g/mol. The van der Waals surface area contributed by atoms with Crippen LogP contribution in [-0.2, 0) is 20.9 Å². The summed E-state index contributed by atoms with van der Waals surface area (Å²) in [6.07, 6.45) is 0.885. The third kappa shape index (κ3) is 8.45. The number of ether oxygens (including phenoxy) is 1. The van der Waals surface area contributed by atoms with Crippen molar-refractivity contribution < 1.29 is 26.1 Å². The van der Waals surface area contributed by atoms with Gasteiger partial charge in [0, 0.05) is 0 Å². The summed E-state index contributed by atoms with van der Waals surface area (Å²) in [6.45, 7) is 12.1. The van der Waals surface area contributed by atoms with Gasteiger partial charge in [-0.15, -0.1) is 0 Å². The first-order chi connectivity index (χ1) is 15.6. The van der Waals surface area contributed by atoms with Crippen molar-refractivity contribution in [1.29, 1.82) is 0 Å². The number of hydrogen-bond donors (Lipinski definition) is 0. The molecular weight excluding hydrogens is 458 g/mol. The highest BCUT2D eigenvalue weighted by atomic mass is 32.2. The van der Waals surface area contributed by atoms with Gasteiger partial charge in [0.05, 0.1) is 6.26 Å². The minimum Gasteiger partial charge on any atom is -0.454 e. The van der Waals surface area contributed by atoms with Crippen molar-refractivity contribution in [2.45, 2.75) is 52.4 Å². The average molecular weight is 491 g/mol. The first kappa shape index (κ1) is 27.3. The number of hydrogen-bond acceptors (Lipinski definition) is 4. The van der Waals surface area contributed by atoms with E-state index in [4.69, 9.17) is 4.74 Å². The third-order valence-electron chi connectivity index (χ3n) is 4.81. The van der Waals surface area contributed by atoms with E-state index in [1.165, 1.54) is 18.2 Å². The van der Waals surface area contributed by atoms with E-state index in [2.05, 4.69) is 25.0 Å². The lowest BCUT2D eigenvalue weighted by atomic mass is 9.87. The van der Waals surface area contributed by atoms with Crippen molar-refractivity contribution in [2.75, 3.05) is 6.26 Å². The molecule has 0 saturated heterocycles. The zero-order valence-electron chi connectivity index (χ0n) is 20.6. The molecule has 0 radical (unpaired) electrons. The molecule has 0 aromatic heterocycles. The van der Waals surface area contributed by atoms with Gasteiger partial charge in [-0.1, -0.05) is 71.9 Å². The molecule has 0 aliphatic rings. The molecular formula is C27H32F2O4S. The van der Waals surface area contributed by atoms with Crippen LogP contribution >= 0.6 is 0 Å². The summed E-state index contributed by atoms with van der Waals surface area (Å²) in [6, 6.07) is 18.5. The summed E-state index contributed by atoms with van der Waals surface area (Å²) in [5, 5.41) is 0. The molecule has 0 N–H and O–H groups in total. The fourth-order valence-corrected chi connectivity index (χ4v) is 3.31. The second-order valence-corrected chi connectivity index (χ2v) is 11.6. The molecule has 0 fully saturated rings. The molecule has 34 heavy (non-hydrogen) atoms. The maximum absolute atomic E-state index is 13.7. The molecule has 4 nitrogen and oxygen atoms in total. The van der Waals surface area contributed by atoms with Gasteiger partial charge in [-0.05, 0) is 58.4 Å². The molecule has 0 atom stereocenters. The average Bonchev–Trinajstić information content (AvgIpc) is 2.70. The Morgan fingerprint density at radius 3 is 1.56 bits per heavy atom. The van der Waals surface area contributed by atoms with Gasteiger partial charge in [0.2, 0.25) is 0 Å². The Balaban J connectivity index is 0.000000242. The molecule has 7 heteroatoms. The fourth-order valence-electron chi connectivity index (χ4n) is 2.86. The molecule has 0 aliphatic heterocycles. The maximum atomic E-state index is 13.7. The lowest BCUT2D eigenvalue weighted by molar-refractivity contribution is 0.438. The van der Waals surface area contributed by atoms with Crippen LogP contribution in [0.2, 0.25) is 0 Å². The van der Waals surface area contributed by atoms with E-state index in [0.717, 1.165) is 17.4 Å². The van der Waals surface area contributed by atoms with Gasteiger partial charge >= 0.3 is 10.1 Å². The highest BCUT2D eigenvalue weighted by molar-refractivity contribution is 7.86. The van der Waals surface area contributed by atoms with Crippen LogP contribution < -0.4 is 8.92 Å². The van der Waals surface area contributed by atoms with E-state index in [-0.39, 0.29) is 28.1 Å². The Bertz CT molecular complexity index is 1210. The molecule has 3 aromatic carbocycles. The first-order valence-corrected chi connectivity index (χ1v) is 12.6. The highest BCUT2D eigenvalue weighted by Crippen LogP contribution is 2.31. The van der Waals surface area contributed by atoms with Crippen LogP contribution in [0.15, 0.2) is 66.7 Å². The summed E-state index contributed by atoms with van der Waals surface area (Å²) in [4.78, 5) is 0. The molecule has 0 bridgehead atoms. The molecule has 3 rings (SSSR count). The van der Waals surface area contributed by atoms with Crippen molar-refractivity contribution in [2.24, 2.45) is 0 Å². The van der Waals surface area contributed by atoms with Crippen LogP contribution in [0.4, 0.5) is 8.78 Å². The van der Waals surface area contributed by atoms with Crippen LogP contribution in [0, 0.1) is 11.6 Å². The predicted octanol–water partition coefficient (Wildman–Crippen LogP) is 7.38. The second-order valence-electron chi connectivity index (χ2n) is 9.99. The highest BCUT2D eigenvalue weighted by Gasteiger charge is 2.18. The molecule has 0 saturated carbocycles. The second kappa shape index (κ2) is 10.6.